The van der Waals surface area contributed by atoms with Crippen molar-refractivity contribution in [2.45, 2.75) is 41.9 Å². The topological polar surface area (TPSA) is 66.5 Å². The molecular weight excluding hydrogens is 428 g/mol. The average Bonchev–Trinajstić information content (AvgIpc) is 2.76. The summed E-state index contributed by atoms with van der Waals surface area (Å²) >= 11 is 0. The Morgan fingerprint density at radius 1 is 0.903 bits per heavy atom. The highest BCUT2D eigenvalue weighted by molar-refractivity contribution is 7.89. The molecule has 3 aromatic carbocycles. The van der Waals surface area contributed by atoms with E-state index in [1.807, 2.05) is 57.2 Å². The zero-order chi connectivity index (χ0) is 22.2. The minimum absolute atomic E-state index is 0.272. The molecule has 0 radical (unpaired) electrons. The molecule has 1 aliphatic rings. The maximum Gasteiger partial charge on any atom is 0.240 e. The average molecular weight is 455 g/mol. The molecule has 0 spiro atoms. The summed E-state index contributed by atoms with van der Waals surface area (Å²) in [6, 6.07) is 18.5. The second kappa shape index (κ2) is 8.57. The largest absolute Gasteiger partial charge is 0.339 e. The first-order valence-corrected chi connectivity index (χ1v) is 12.9. The predicted octanol–water partition coefficient (Wildman–Crippen LogP) is 4.60. The van der Waals surface area contributed by atoms with E-state index in [0.29, 0.717) is 19.5 Å². The number of sulfonamides is 1. The van der Waals surface area contributed by atoms with Crippen LogP contribution in [0.3, 0.4) is 0 Å². The van der Waals surface area contributed by atoms with Gasteiger partial charge in [-0.3, -0.25) is 0 Å². The molecule has 1 N–H and O–H groups in total. The van der Waals surface area contributed by atoms with Gasteiger partial charge in [0.2, 0.25) is 10.0 Å². The number of benzene rings is 3. The van der Waals surface area contributed by atoms with E-state index in [1.165, 1.54) is 0 Å². The normalized spacial score (nSPS) is 15.5. The summed E-state index contributed by atoms with van der Waals surface area (Å²) in [5.74, 6) is 0. The van der Waals surface area contributed by atoms with Gasteiger partial charge in [0, 0.05) is 13.1 Å². The molecule has 0 aromatic heterocycles. The third-order valence-electron chi connectivity index (χ3n) is 5.67. The van der Waals surface area contributed by atoms with Crippen LogP contribution in [0.4, 0.5) is 11.4 Å². The zero-order valence-corrected chi connectivity index (χ0v) is 19.5. The van der Waals surface area contributed by atoms with Crippen molar-refractivity contribution in [1.29, 1.82) is 0 Å². The van der Waals surface area contributed by atoms with Crippen LogP contribution in [0.25, 0.3) is 0 Å². The highest BCUT2D eigenvalue weighted by atomic mass is 32.2. The van der Waals surface area contributed by atoms with Crippen LogP contribution in [0, 0.1) is 20.8 Å². The summed E-state index contributed by atoms with van der Waals surface area (Å²) in [6.45, 7) is 6.95. The summed E-state index contributed by atoms with van der Waals surface area (Å²) in [5.41, 5.74) is 5.15. The molecule has 1 atom stereocenters. The highest BCUT2D eigenvalue weighted by Crippen LogP contribution is 2.44. The quantitative estimate of drug-likeness (QED) is 0.553. The van der Waals surface area contributed by atoms with Crippen LogP contribution in [-0.4, -0.2) is 25.7 Å². The minimum atomic E-state index is -3.54. The number of rotatable bonds is 6. The van der Waals surface area contributed by atoms with Gasteiger partial charge in [0.25, 0.3) is 0 Å². The Hall–Kier alpha value is -2.48. The van der Waals surface area contributed by atoms with Gasteiger partial charge in [0.15, 0.2) is 0 Å². The second-order valence-electron chi connectivity index (χ2n) is 7.81. The fourth-order valence-electron chi connectivity index (χ4n) is 3.81. The molecule has 0 saturated heterocycles. The molecule has 0 saturated carbocycles. The number of anilines is 2. The Bertz CT molecular complexity index is 1250. The first kappa shape index (κ1) is 21.7. The summed E-state index contributed by atoms with van der Waals surface area (Å²) < 4.78 is 41.0. The van der Waals surface area contributed by atoms with Crippen LogP contribution in [0.5, 0.6) is 0 Å². The Kier molecular flexibility index (Phi) is 6.01. The van der Waals surface area contributed by atoms with Gasteiger partial charge in [-0.1, -0.05) is 35.9 Å². The summed E-state index contributed by atoms with van der Waals surface area (Å²) in [5, 5.41) is 0. The standard InChI is InChI=1S/C24H26N2O3S2/c1-17-9-12-20(13-10-17)31(28,29)25-15-6-16-26-21-7-4-5-8-22(21)30(27)23-14-11-18(2)19(3)24(23)26/h4-5,7-14,25H,6,15-16H2,1-3H3. The van der Waals surface area contributed by atoms with Gasteiger partial charge in [0.05, 0.1) is 36.9 Å². The number of fused-ring (bicyclic) bond motifs is 2. The Morgan fingerprint density at radius 2 is 1.61 bits per heavy atom. The number of para-hydroxylation sites is 1. The molecule has 1 unspecified atom stereocenters. The lowest BCUT2D eigenvalue weighted by Gasteiger charge is -2.34. The lowest BCUT2D eigenvalue weighted by molar-refractivity contribution is 0.579. The van der Waals surface area contributed by atoms with Crippen LogP contribution in [0.2, 0.25) is 0 Å². The number of nitrogens with one attached hydrogen (secondary N) is 1. The molecule has 3 aromatic rings. The van der Waals surface area contributed by atoms with E-state index in [4.69, 9.17) is 0 Å². The van der Waals surface area contributed by atoms with Gasteiger partial charge in [-0.25, -0.2) is 17.3 Å². The van der Waals surface area contributed by atoms with Crippen LogP contribution in [0.15, 0.2) is 75.4 Å². The fraction of sp³-hybridized carbons (Fsp3) is 0.250. The summed E-state index contributed by atoms with van der Waals surface area (Å²) in [6.07, 6.45) is 0.610. The first-order chi connectivity index (χ1) is 14.8. The molecular formula is C24H26N2O3S2. The Labute approximate surface area is 186 Å². The molecule has 0 aliphatic carbocycles. The van der Waals surface area contributed by atoms with Gasteiger partial charge in [-0.15, -0.1) is 0 Å². The third kappa shape index (κ3) is 4.18. The molecule has 0 fully saturated rings. The van der Waals surface area contributed by atoms with Crippen molar-refractivity contribution in [1.82, 2.24) is 4.72 Å². The van der Waals surface area contributed by atoms with Crippen molar-refractivity contribution < 1.29 is 12.6 Å². The lowest BCUT2D eigenvalue weighted by atomic mass is 10.1. The van der Waals surface area contributed by atoms with E-state index >= 15 is 0 Å². The van der Waals surface area contributed by atoms with Crippen molar-refractivity contribution in [3.05, 3.63) is 77.4 Å². The van der Waals surface area contributed by atoms with Crippen LogP contribution >= 0.6 is 0 Å². The first-order valence-electron chi connectivity index (χ1n) is 10.2. The van der Waals surface area contributed by atoms with Crippen LogP contribution in [0.1, 0.15) is 23.1 Å². The fourth-order valence-corrected chi connectivity index (χ4v) is 6.33. The van der Waals surface area contributed by atoms with E-state index < -0.39 is 20.8 Å². The highest BCUT2D eigenvalue weighted by Gasteiger charge is 2.29. The van der Waals surface area contributed by atoms with E-state index in [1.54, 1.807) is 24.3 Å². The monoisotopic (exact) mass is 454 g/mol. The SMILES string of the molecule is Cc1ccc(S(=O)(=O)NCCCN2c3ccccc3S(=O)c3ccc(C)c(C)c32)cc1. The van der Waals surface area contributed by atoms with Gasteiger partial charge >= 0.3 is 0 Å². The van der Waals surface area contributed by atoms with Crippen molar-refractivity contribution in [3.63, 3.8) is 0 Å². The molecule has 0 bridgehead atoms. The minimum Gasteiger partial charge on any atom is -0.339 e. The predicted molar refractivity (Wildman–Crippen MR) is 125 cm³/mol. The van der Waals surface area contributed by atoms with E-state index in [9.17, 15) is 12.6 Å². The van der Waals surface area contributed by atoms with Crippen molar-refractivity contribution in [2.24, 2.45) is 0 Å². The van der Waals surface area contributed by atoms with E-state index in [2.05, 4.69) is 9.62 Å². The van der Waals surface area contributed by atoms with Gasteiger partial charge in [0.1, 0.15) is 0 Å². The number of aryl methyl sites for hydroxylation is 2. The van der Waals surface area contributed by atoms with E-state index in [0.717, 1.165) is 37.9 Å². The second-order valence-corrected chi connectivity index (χ2v) is 11.0. The molecule has 1 heterocycles. The zero-order valence-electron chi connectivity index (χ0n) is 17.9. The number of hydrogen-bond donors (Lipinski definition) is 1. The van der Waals surface area contributed by atoms with Crippen LogP contribution in [-0.2, 0) is 20.8 Å². The van der Waals surface area contributed by atoms with Gasteiger partial charge in [-0.05, 0) is 68.7 Å². The maximum absolute atomic E-state index is 13.2. The Morgan fingerprint density at radius 3 is 2.35 bits per heavy atom. The molecule has 0 amide bonds. The lowest BCUT2D eigenvalue weighted by Crippen LogP contribution is -2.30. The summed E-state index contributed by atoms with van der Waals surface area (Å²) in [4.78, 5) is 4.04. The van der Waals surface area contributed by atoms with Gasteiger partial charge < -0.3 is 4.90 Å². The molecule has 7 heteroatoms. The van der Waals surface area contributed by atoms with Crippen LogP contribution < -0.4 is 9.62 Å². The molecule has 5 nitrogen and oxygen atoms in total. The maximum atomic E-state index is 13.2. The number of nitrogens with zero attached hydrogens (tertiary/aromatic N) is 1. The molecule has 4 rings (SSSR count). The molecule has 1 aliphatic heterocycles. The summed E-state index contributed by atoms with van der Waals surface area (Å²) in [7, 11) is -4.77. The van der Waals surface area contributed by atoms with Gasteiger partial charge in [-0.2, -0.15) is 0 Å². The van der Waals surface area contributed by atoms with E-state index in [-0.39, 0.29) is 4.90 Å². The number of hydrogen-bond acceptors (Lipinski definition) is 4. The van der Waals surface area contributed by atoms with Crippen molar-refractivity contribution in [3.8, 4) is 0 Å². The van der Waals surface area contributed by atoms with Crippen molar-refractivity contribution >= 4 is 32.2 Å². The third-order valence-corrected chi connectivity index (χ3v) is 8.62. The molecule has 162 valence electrons. The smallest absolute Gasteiger partial charge is 0.240 e. The van der Waals surface area contributed by atoms with Crippen molar-refractivity contribution in [2.75, 3.05) is 18.0 Å². The molecule has 31 heavy (non-hydrogen) atoms. The Balaban J connectivity index is 1.55.